The molecule has 0 aliphatic heterocycles. The van der Waals surface area contributed by atoms with Crippen molar-refractivity contribution in [1.82, 2.24) is 44.9 Å². The van der Waals surface area contributed by atoms with Crippen molar-refractivity contribution in [3.63, 3.8) is 0 Å². The van der Waals surface area contributed by atoms with Crippen LogP contribution in [0.1, 0.15) is 55.8 Å². The van der Waals surface area contributed by atoms with Crippen LogP contribution in [0.4, 0.5) is 5.69 Å². The number of anilines is 1. The van der Waals surface area contributed by atoms with Crippen LogP contribution < -0.4 is 32.7 Å². The quantitative estimate of drug-likeness (QED) is 0.0857. The highest BCUT2D eigenvalue weighted by atomic mass is 32.1. The van der Waals surface area contributed by atoms with Crippen molar-refractivity contribution < 1.29 is 9.84 Å². The highest BCUT2D eigenvalue weighted by Gasteiger charge is 2.00. The van der Waals surface area contributed by atoms with Crippen molar-refractivity contribution in [1.29, 1.82) is 0 Å². The van der Waals surface area contributed by atoms with Gasteiger partial charge in [0.25, 0.3) is 11.1 Å². The van der Waals surface area contributed by atoms with Gasteiger partial charge in [-0.25, -0.2) is 4.98 Å². The molecule has 0 aliphatic carbocycles. The molecule has 11 rings (SSSR count). The lowest BCUT2D eigenvalue weighted by atomic mass is 10.2. The van der Waals surface area contributed by atoms with Gasteiger partial charge in [-0.2, -0.15) is 0 Å². The van der Waals surface area contributed by atoms with Gasteiger partial charge in [-0.15, -0.1) is 11.3 Å². The molecule has 0 bridgehead atoms. The number of rotatable bonds is 2. The third kappa shape index (κ3) is 33.3. The largest absolute Gasteiger partial charge is 0.508 e. The Kier molecular flexibility index (Phi) is 33.4. The highest BCUT2D eigenvalue weighted by molar-refractivity contribution is 7.13. The maximum absolute atomic E-state index is 10.6. The van der Waals surface area contributed by atoms with E-state index in [2.05, 4.69) is 64.8 Å². The minimum absolute atomic E-state index is 0.00694. The standard InChI is InChI=1S/C8H8N2S.C8H10O.C7H8O.C6H8N2O.3C6H7NO.3C6H7N/c1-6-4-7(10-5-6)8-9-2-3-11-8;1-7-3-5-8(9-2)6-4-7;1-6-2-4-7(8)5-3-6;1-4-2-5(7)6(9)8-3-4;1-5-2-3-7-6(8)4-5;1-5-2-3-6(8)7-4-5;1-5-3-2-4-7-6(5)8;1-6-2-4-7-5-3-6;1-6-3-2-4-7-5-6;1-6-4-2-3-5-7-6/h2-5,10H,1H3;3-6H,1-2H3;2-5,8H,1H3;2-3H,7H2,1H3,(H,8,9);3*2-4H,1H3,(H,7,8);3*2-5H,1H3. The Labute approximate surface area is 484 Å². The van der Waals surface area contributed by atoms with Crippen molar-refractivity contribution in [2.24, 2.45) is 0 Å². The number of aromatic nitrogens is 9. The van der Waals surface area contributed by atoms with Gasteiger partial charge in [-0.1, -0.05) is 59.7 Å². The van der Waals surface area contributed by atoms with Gasteiger partial charge < -0.3 is 40.5 Å². The Bertz CT molecular complexity index is 3490. The number of hydrogen-bond donors (Lipinski definition) is 7. The molecule has 9 heterocycles. The fraction of sp³-hybridized carbons (Fsp3) is 0.169. The van der Waals surface area contributed by atoms with Crippen molar-refractivity contribution in [2.45, 2.75) is 69.2 Å². The Morgan fingerprint density at radius 3 is 1.48 bits per heavy atom. The van der Waals surface area contributed by atoms with E-state index in [0.717, 1.165) is 44.4 Å². The maximum atomic E-state index is 10.6. The first kappa shape index (κ1) is 68.1. The first-order valence-electron chi connectivity index (χ1n) is 25.7. The third-order valence-electron chi connectivity index (χ3n) is 10.2. The Hall–Kier alpha value is -10.0. The molecule has 8 N–H and O–H groups in total. The number of thiazole rings is 1. The summed E-state index contributed by atoms with van der Waals surface area (Å²) in [7, 11) is 1.67. The summed E-state index contributed by atoms with van der Waals surface area (Å²) in [5, 5.41) is 11.8. The molecule has 0 saturated heterocycles. The molecule has 16 nitrogen and oxygen atoms in total. The Balaban J connectivity index is 0.000000312. The summed E-state index contributed by atoms with van der Waals surface area (Å²) in [4.78, 5) is 71.1. The molecule has 9 aromatic heterocycles. The second-order valence-corrected chi connectivity index (χ2v) is 18.8. The Morgan fingerprint density at radius 1 is 0.463 bits per heavy atom. The number of phenols is 1. The van der Waals surface area contributed by atoms with E-state index in [0.29, 0.717) is 5.75 Å². The number of phenolic OH excluding ortho intramolecular Hbond substituents is 1. The normalized spacial score (nSPS) is 9.21. The molecule has 11 aromatic rings. The van der Waals surface area contributed by atoms with E-state index in [-0.39, 0.29) is 27.9 Å². The Morgan fingerprint density at radius 2 is 1.10 bits per heavy atom. The number of methoxy groups -OCH3 is 1. The van der Waals surface area contributed by atoms with E-state index in [1.165, 1.54) is 33.9 Å². The number of nitrogens with one attached hydrogen (secondary N) is 5. The van der Waals surface area contributed by atoms with Crippen LogP contribution in [0.3, 0.4) is 0 Å². The molecule has 17 heteroatoms. The third-order valence-corrected chi connectivity index (χ3v) is 11.0. The van der Waals surface area contributed by atoms with Gasteiger partial charge in [-0.05, 0) is 181 Å². The van der Waals surface area contributed by atoms with Crippen molar-refractivity contribution >= 4 is 17.0 Å². The summed E-state index contributed by atoms with van der Waals surface area (Å²) < 4.78 is 4.97. The predicted molar refractivity (Wildman–Crippen MR) is 336 cm³/mol. The summed E-state index contributed by atoms with van der Waals surface area (Å²) in [5.74, 6) is 1.25. The van der Waals surface area contributed by atoms with Gasteiger partial charge in [-0.3, -0.25) is 34.1 Å². The number of aromatic amines is 5. The van der Waals surface area contributed by atoms with Gasteiger partial charge in [0.05, 0.1) is 18.5 Å². The first-order chi connectivity index (χ1) is 39.2. The van der Waals surface area contributed by atoms with E-state index in [4.69, 9.17) is 15.6 Å². The molecular weight excluding hydrogens is 1050 g/mol. The molecule has 0 aliphatic rings. The monoisotopic (exact) mass is 1120 g/mol. The molecular formula is C65H76N10O6S. The van der Waals surface area contributed by atoms with Crippen molar-refractivity contribution in [2.75, 3.05) is 12.8 Å². The summed E-state index contributed by atoms with van der Waals surface area (Å²) in [6.07, 6.45) is 19.3. The SMILES string of the molecule is COc1ccc(C)cc1.Cc1c[nH]c(-c2nccs2)c1.Cc1c[nH]c(=O)c(N)c1.Cc1cc[nH]c(=O)c1.Cc1ccc(=O)[nH]c1.Cc1ccc(O)cc1.Cc1ccc[nH]c1=O.Cc1ccccn1.Cc1cccnc1.Cc1ccncc1. The second kappa shape index (κ2) is 40.2. The number of pyridine rings is 7. The van der Waals surface area contributed by atoms with Crippen LogP contribution >= 0.6 is 11.3 Å². The van der Waals surface area contributed by atoms with Crippen molar-refractivity contribution in [3.8, 4) is 22.2 Å². The summed E-state index contributed by atoms with van der Waals surface area (Å²) in [6.45, 7) is 19.6. The van der Waals surface area contributed by atoms with Crippen LogP contribution in [0.15, 0.2) is 232 Å². The van der Waals surface area contributed by atoms with E-state index in [9.17, 15) is 19.2 Å². The molecule has 0 unspecified atom stereocenters. The molecule has 0 saturated carbocycles. The van der Waals surface area contributed by atoms with Crippen LogP contribution in [-0.4, -0.2) is 57.1 Å². The lowest BCUT2D eigenvalue weighted by Gasteiger charge is -1.97. The second-order valence-electron chi connectivity index (χ2n) is 17.9. The minimum atomic E-state index is -0.222. The minimum Gasteiger partial charge on any atom is -0.508 e. The average Bonchev–Trinajstić information content (AvgIpc) is 4.20. The molecule has 0 spiro atoms. The lowest BCUT2D eigenvalue weighted by molar-refractivity contribution is 0.414. The fourth-order valence-electron chi connectivity index (χ4n) is 5.69. The van der Waals surface area contributed by atoms with Gasteiger partial charge in [0, 0.05) is 96.9 Å². The summed E-state index contributed by atoms with van der Waals surface area (Å²) >= 11 is 1.65. The van der Waals surface area contributed by atoms with E-state index >= 15 is 0 Å². The molecule has 0 fully saturated rings. The number of nitrogens with zero attached hydrogens (tertiary/aromatic N) is 4. The number of nitrogens with two attached hydrogens (primary N) is 1. The highest BCUT2D eigenvalue weighted by Crippen LogP contribution is 2.20. The zero-order chi connectivity index (χ0) is 60.5. The van der Waals surface area contributed by atoms with Crippen molar-refractivity contribution in [3.05, 3.63) is 310 Å². The van der Waals surface area contributed by atoms with Gasteiger partial charge in [0.15, 0.2) is 0 Å². The zero-order valence-electron chi connectivity index (χ0n) is 48.5. The number of aromatic hydroxyl groups is 1. The van der Waals surface area contributed by atoms with E-state index in [1.807, 2.05) is 157 Å². The topological polar surface area (TPSA) is 254 Å². The fourth-order valence-corrected chi connectivity index (χ4v) is 6.30. The number of benzene rings is 2. The van der Waals surface area contributed by atoms with Crippen LogP contribution in [0, 0.1) is 69.2 Å². The van der Waals surface area contributed by atoms with E-state index < -0.39 is 0 Å². The molecule has 2 aromatic carbocycles. The zero-order valence-corrected chi connectivity index (χ0v) is 49.3. The molecule has 0 amide bonds. The number of hydrogen-bond acceptors (Lipinski definition) is 12. The van der Waals surface area contributed by atoms with Crippen LogP contribution in [0.2, 0.25) is 0 Å². The summed E-state index contributed by atoms with van der Waals surface area (Å²) in [5.41, 5.74) is 17.4. The van der Waals surface area contributed by atoms with Crippen LogP contribution in [0.25, 0.3) is 10.7 Å². The molecule has 0 radical (unpaired) electrons. The van der Waals surface area contributed by atoms with Gasteiger partial charge >= 0.3 is 0 Å². The number of H-pyrrole nitrogens is 5. The van der Waals surface area contributed by atoms with E-state index in [1.54, 1.807) is 117 Å². The smallest absolute Gasteiger partial charge is 0.271 e. The number of nitrogen functional groups attached to an aromatic ring is 1. The molecule has 82 heavy (non-hydrogen) atoms. The average molecular weight is 1130 g/mol. The maximum Gasteiger partial charge on any atom is 0.271 e. The lowest BCUT2D eigenvalue weighted by Crippen LogP contribution is -2.10. The molecule has 0 atom stereocenters. The van der Waals surface area contributed by atoms with Gasteiger partial charge in [0.1, 0.15) is 16.5 Å². The first-order valence-corrected chi connectivity index (χ1v) is 26.5. The predicted octanol–water partition coefficient (Wildman–Crippen LogP) is 12.6. The van der Waals surface area contributed by atoms with Gasteiger partial charge in [0.2, 0.25) is 11.1 Å². The number of aryl methyl sites for hydroxylation is 10. The summed E-state index contributed by atoms with van der Waals surface area (Å²) in [6, 6.07) is 42.8. The van der Waals surface area contributed by atoms with Crippen LogP contribution in [0.5, 0.6) is 11.5 Å². The molecule has 428 valence electrons. The van der Waals surface area contributed by atoms with Crippen LogP contribution in [-0.2, 0) is 0 Å². The number of ether oxygens (including phenoxy) is 1.